The highest BCUT2D eigenvalue weighted by Crippen LogP contribution is 2.08. The molecule has 0 fully saturated rings. The van der Waals surface area contributed by atoms with Gasteiger partial charge >= 0.3 is 0 Å². The average molecular weight is 202 g/mol. The standard InChI is InChI=1S/C12H26O2/c1-4-5-6-7-8-9-14-12(3)11(2)10-13/h11-13H,4-10H2,1-3H3. The van der Waals surface area contributed by atoms with Gasteiger partial charge in [-0.05, 0) is 13.3 Å². The van der Waals surface area contributed by atoms with Gasteiger partial charge in [-0.3, -0.25) is 0 Å². The number of unbranched alkanes of at least 4 members (excludes halogenated alkanes) is 4. The maximum absolute atomic E-state index is 8.90. The summed E-state index contributed by atoms with van der Waals surface area (Å²) in [5.74, 6) is 0.255. The lowest BCUT2D eigenvalue weighted by Gasteiger charge is -2.18. The number of ether oxygens (including phenoxy) is 1. The van der Waals surface area contributed by atoms with E-state index in [1.807, 2.05) is 13.8 Å². The van der Waals surface area contributed by atoms with Crippen LogP contribution in [0.3, 0.4) is 0 Å². The molecule has 0 heterocycles. The van der Waals surface area contributed by atoms with Crippen molar-refractivity contribution in [3.8, 4) is 0 Å². The van der Waals surface area contributed by atoms with Gasteiger partial charge in [0.1, 0.15) is 0 Å². The molecule has 0 amide bonds. The van der Waals surface area contributed by atoms with E-state index in [1.165, 1.54) is 25.7 Å². The molecule has 0 spiro atoms. The molecule has 0 aliphatic carbocycles. The molecule has 2 unspecified atom stereocenters. The third-order valence-corrected chi connectivity index (χ3v) is 2.72. The Hall–Kier alpha value is -0.0800. The molecule has 0 saturated heterocycles. The van der Waals surface area contributed by atoms with Gasteiger partial charge in [0.05, 0.1) is 6.10 Å². The predicted molar refractivity (Wildman–Crippen MR) is 60.4 cm³/mol. The van der Waals surface area contributed by atoms with Crippen LogP contribution in [0.2, 0.25) is 0 Å². The highest BCUT2D eigenvalue weighted by atomic mass is 16.5. The SMILES string of the molecule is CCCCCCCOC(C)C(C)CO. The van der Waals surface area contributed by atoms with Gasteiger partial charge in [0.2, 0.25) is 0 Å². The van der Waals surface area contributed by atoms with Crippen molar-refractivity contribution in [3.05, 3.63) is 0 Å². The summed E-state index contributed by atoms with van der Waals surface area (Å²) in [7, 11) is 0. The highest BCUT2D eigenvalue weighted by Gasteiger charge is 2.10. The average Bonchev–Trinajstić information content (AvgIpc) is 2.21. The summed E-state index contributed by atoms with van der Waals surface area (Å²) in [5.41, 5.74) is 0. The molecular weight excluding hydrogens is 176 g/mol. The fourth-order valence-corrected chi connectivity index (χ4v) is 1.29. The van der Waals surface area contributed by atoms with Crippen molar-refractivity contribution in [2.75, 3.05) is 13.2 Å². The maximum Gasteiger partial charge on any atom is 0.0594 e. The Kier molecular flexibility index (Phi) is 9.42. The predicted octanol–water partition coefficient (Wildman–Crippen LogP) is 2.99. The molecule has 0 rings (SSSR count). The number of hydrogen-bond donors (Lipinski definition) is 1. The minimum absolute atomic E-state index is 0.186. The van der Waals surface area contributed by atoms with E-state index in [1.54, 1.807) is 0 Å². The van der Waals surface area contributed by atoms with Crippen LogP contribution < -0.4 is 0 Å². The Morgan fingerprint density at radius 1 is 1.07 bits per heavy atom. The lowest BCUT2D eigenvalue weighted by Crippen LogP contribution is -2.21. The molecule has 0 aliphatic rings. The van der Waals surface area contributed by atoms with Crippen molar-refractivity contribution in [1.29, 1.82) is 0 Å². The van der Waals surface area contributed by atoms with E-state index < -0.39 is 0 Å². The third kappa shape index (κ3) is 7.34. The van der Waals surface area contributed by atoms with Crippen molar-refractivity contribution in [3.63, 3.8) is 0 Å². The Labute approximate surface area is 88.7 Å². The van der Waals surface area contributed by atoms with Crippen LogP contribution in [0, 0.1) is 5.92 Å². The second-order valence-corrected chi connectivity index (χ2v) is 4.15. The maximum atomic E-state index is 8.90. The van der Waals surface area contributed by atoms with Crippen LogP contribution >= 0.6 is 0 Å². The van der Waals surface area contributed by atoms with Crippen molar-refractivity contribution < 1.29 is 9.84 Å². The lowest BCUT2D eigenvalue weighted by molar-refractivity contribution is 0.0101. The van der Waals surface area contributed by atoms with E-state index in [9.17, 15) is 0 Å². The van der Waals surface area contributed by atoms with Gasteiger partial charge in [0.25, 0.3) is 0 Å². The zero-order valence-electron chi connectivity index (χ0n) is 9.96. The summed E-state index contributed by atoms with van der Waals surface area (Å²) >= 11 is 0. The van der Waals surface area contributed by atoms with Crippen LogP contribution in [0.25, 0.3) is 0 Å². The van der Waals surface area contributed by atoms with Crippen molar-refractivity contribution in [2.24, 2.45) is 5.92 Å². The molecule has 0 saturated carbocycles. The van der Waals surface area contributed by atoms with E-state index in [-0.39, 0.29) is 18.6 Å². The molecule has 14 heavy (non-hydrogen) atoms. The summed E-state index contributed by atoms with van der Waals surface area (Å²) in [4.78, 5) is 0. The van der Waals surface area contributed by atoms with Crippen LogP contribution in [0.4, 0.5) is 0 Å². The number of aliphatic hydroxyl groups is 1. The summed E-state index contributed by atoms with van der Waals surface area (Å²) in [5, 5.41) is 8.90. The number of aliphatic hydroxyl groups excluding tert-OH is 1. The van der Waals surface area contributed by atoms with Crippen LogP contribution in [0.1, 0.15) is 52.9 Å². The van der Waals surface area contributed by atoms with E-state index in [0.717, 1.165) is 13.0 Å². The normalized spacial score (nSPS) is 15.4. The minimum Gasteiger partial charge on any atom is -0.396 e. The van der Waals surface area contributed by atoms with Crippen molar-refractivity contribution in [2.45, 2.75) is 59.0 Å². The lowest BCUT2D eigenvalue weighted by atomic mass is 10.1. The first-order valence-corrected chi connectivity index (χ1v) is 5.94. The Morgan fingerprint density at radius 3 is 2.29 bits per heavy atom. The van der Waals surface area contributed by atoms with Crippen LogP contribution in [0.15, 0.2) is 0 Å². The molecule has 0 bridgehead atoms. The molecule has 2 atom stereocenters. The largest absolute Gasteiger partial charge is 0.396 e. The second kappa shape index (κ2) is 9.47. The quantitative estimate of drug-likeness (QED) is 0.582. The minimum atomic E-state index is 0.186. The van der Waals surface area contributed by atoms with Gasteiger partial charge in [0.15, 0.2) is 0 Å². The Bertz CT molecular complexity index is 115. The van der Waals surface area contributed by atoms with Crippen LogP contribution in [-0.4, -0.2) is 24.4 Å². The van der Waals surface area contributed by atoms with Crippen LogP contribution in [0.5, 0.6) is 0 Å². The third-order valence-electron chi connectivity index (χ3n) is 2.72. The van der Waals surface area contributed by atoms with Crippen molar-refractivity contribution in [1.82, 2.24) is 0 Å². The van der Waals surface area contributed by atoms with Crippen molar-refractivity contribution >= 4 is 0 Å². The van der Waals surface area contributed by atoms with E-state index >= 15 is 0 Å². The van der Waals surface area contributed by atoms with Gasteiger partial charge in [0, 0.05) is 19.1 Å². The van der Waals surface area contributed by atoms with Gasteiger partial charge in [-0.2, -0.15) is 0 Å². The van der Waals surface area contributed by atoms with E-state index in [0.29, 0.717) is 0 Å². The summed E-state index contributed by atoms with van der Waals surface area (Å²) < 4.78 is 5.61. The smallest absolute Gasteiger partial charge is 0.0594 e. The summed E-state index contributed by atoms with van der Waals surface area (Å²) in [6, 6.07) is 0. The van der Waals surface area contributed by atoms with Gasteiger partial charge in [-0.1, -0.05) is 39.5 Å². The molecule has 0 aliphatic heterocycles. The first kappa shape index (κ1) is 13.9. The van der Waals surface area contributed by atoms with Gasteiger partial charge < -0.3 is 9.84 Å². The number of rotatable bonds is 9. The molecule has 0 aromatic heterocycles. The fraction of sp³-hybridized carbons (Fsp3) is 1.00. The number of hydrogen-bond acceptors (Lipinski definition) is 2. The molecule has 0 aromatic carbocycles. The topological polar surface area (TPSA) is 29.5 Å². The van der Waals surface area contributed by atoms with E-state index in [2.05, 4.69) is 6.92 Å². The zero-order chi connectivity index (χ0) is 10.8. The van der Waals surface area contributed by atoms with Crippen LogP contribution in [-0.2, 0) is 4.74 Å². The Balaban J connectivity index is 3.18. The second-order valence-electron chi connectivity index (χ2n) is 4.15. The van der Waals surface area contributed by atoms with Gasteiger partial charge in [-0.25, -0.2) is 0 Å². The molecule has 2 nitrogen and oxygen atoms in total. The Morgan fingerprint density at radius 2 is 1.71 bits per heavy atom. The molecule has 0 radical (unpaired) electrons. The molecular formula is C12H26O2. The van der Waals surface area contributed by atoms with Gasteiger partial charge in [-0.15, -0.1) is 0 Å². The first-order chi connectivity index (χ1) is 6.72. The molecule has 86 valence electrons. The first-order valence-electron chi connectivity index (χ1n) is 5.94. The van der Waals surface area contributed by atoms with E-state index in [4.69, 9.17) is 9.84 Å². The molecule has 2 heteroatoms. The monoisotopic (exact) mass is 202 g/mol. The zero-order valence-corrected chi connectivity index (χ0v) is 9.96. The fourth-order valence-electron chi connectivity index (χ4n) is 1.29. The molecule has 0 aromatic rings. The summed E-state index contributed by atoms with van der Waals surface area (Å²) in [6.45, 7) is 7.34. The molecule has 1 N–H and O–H groups in total. The summed E-state index contributed by atoms with van der Waals surface area (Å²) in [6.07, 6.45) is 6.56. The highest BCUT2D eigenvalue weighted by molar-refractivity contribution is 4.58.